The van der Waals surface area contributed by atoms with Crippen LogP contribution < -0.4 is 0 Å². The Hall–Kier alpha value is -1.57. The van der Waals surface area contributed by atoms with E-state index < -0.39 is 0 Å². The number of hydrogen-bond donors (Lipinski definition) is 1. The van der Waals surface area contributed by atoms with Crippen LogP contribution in [0.25, 0.3) is 0 Å². The number of H-pyrrole nitrogens is 1. The first kappa shape index (κ1) is 12.5. The first-order chi connectivity index (χ1) is 9.21. The van der Waals surface area contributed by atoms with E-state index in [9.17, 15) is 0 Å². The van der Waals surface area contributed by atoms with Crippen molar-refractivity contribution in [3.05, 3.63) is 53.6 Å². The van der Waals surface area contributed by atoms with Crippen molar-refractivity contribution >= 4 is 0 Å². The van der Waals surface area contributed by atoms with E-state index in [4.69, 9.17) is 0 Å². The Kier molecular flexibility index (Phi) is 3.17. The fourth-order valence-electron chi connectivity index (χ4n) is 3.68. The topological polar surface area (TPSA) is 28.7 Å². The molecule has 100 valence electrons. The molecule has 0 radical (unpaired) electrons. The highest BCUT2D eigenvalue weighted by atomic mass is 14.9. The van der Waals surface area contributed by atoms with Crippen LogP contribution in [-0.4, -0.2) is 9.97 Å². The Morgan fingerprint density at radius 2 is 2.21 bits per heavy atom. The van der Waals surface area contributed by atoms with Gasteiger partial charge in [0.2, 0.25) is 0 Å². The molecule has 0 fully saturated rings. The molecule has 0 spiro atoms. The highest BCUT2D eigenvalue weighted by Gasteiger charge is 2.36. The van der Waals surface area contributed by atoms with E-state index >= 15 is 0 Å². The first-order valence-electron chi connectivity index (χ1n) is 7.27. The van der Waals surface area contributed by atoms with Gasteiger partial charge in [0.05, 0.1) is 6.33 Å². The van der Waals surface area contributed by atoms with Gasteiger partial charge < -0.3 is 4.98 Å². The van der Waals surface area contributed by atoms with Crippen LogP contribution in [0.3, 0.4) is 0 Å². The standard InChI is InChI=1S/C17H22N2/c1-3-13-8-14-6-4-5-7-16(14)17(2,9-13)10-15-11-18-12-19-15/h4-7,11-13H,3,8-10H2,1-2H3,(H,18,19). The molecule has 2 nitrogen and oxygen atoms in total. The minimum Gasteiger partial charge on any atom is -0.348 e. The minimum atomic E-state index is 0.238. The predicted molar refractivity (Wildman–Crippen MR) is 78.2 cm³/mol. The van der Waals surface area contributed by atoms with Crippen LogP contribution in [-0.2, 0) is 18.3 Å². The summed E-state index contributed by atoms with van der Waals surface area (Å²) in [6.45, 7) is 4.73. The molecule has 1 aliphatic carbocycles. The quantitative estimate of drug-likeness (QED) is 0.884. The van der Waals surface area contributed by atoms with Crippen LogP contribution in [0.1, 0.15) is 43.5 Å². The van der Waals surface area contributed by atoms with Gasteiger partial charge in [-0.3, -0.25) is 0 Å². The van der Waals surface area contributed by atoms with Gasteiger partial charge in [0, 0.05) is 11.9 Å². The number of nitrogens with one attached hydrogen (secondary N) is 1. The maximum absolute atomic E-state index is 4.16. The molecule has 0 saturated heterocycles. The van der Waals surface area contributed by atoms with Crippen molar-refractivity contribution in [1.82, 2.24) is 9.97 Å². The molecular weight excluding hydrogens is 232 g/mol. The lowest BCUT2D eigenvalue weighted by atomic mass is 9.65. The summed E-state index contributed by atoms with van der Waals surface area (Å²) in [4.78, 5) is 7.42. The zero-order valence-corrected chi connectivity index (χ0v) is 11.8. The molecule has 3 rings (SSSR count). The minimum absolute atomic E-state index is 0.238. The van der Waals surface area contributed by atoms with Gasteiger partial charge in [0.1, 0.15) is 0 Å². The average molecular weight is 254 g/mol. The number of aromatic amines is 1. The van der Waals surface area contributed by atoms with E-state index in [1.54, 1.807) is 11.9 Å². The van der Waals surface area contributed by atoms with Gasteiger partial charge in [0.15, 0.2) is 0 Å². The number of fused-ring (bicyclic) bond motifs is 1. The number of hydrogen-bond acceptors (Lipinski definition) is 1. The fraction of sp³-hybridized carbons (Fsp3) is 0.471. The molecule has 0 bridgehead atoms. The maximum atomic E-state index is 4.16. The molecule has 1 aromatic heterocycles. The van der Waals surface area contributed by atoms with Crippen molar-refractivity contribution in [2.75, 3.05) is 0 Å². The van der Waals surface area contributed by atoms with Crippen molar-refractivity contribution in [3.8, 4) is 0 Å². The number of imidazole rings is 1. The molecule has 1 aliphatic rings. The zero-order chi connectivity index (χ0) is 13.3. The Morgan fingerprint density at radius 1 is 1.37 bits per heavy atom. The molecule has 0 amide bonds. The third kappa shape index (κ3) is 2.32. The van der Waals surface area contributed by atoms with Crippen LogP contribution in [0.5, 0.6) is 0 Å². The first-order valence-corrected chi connectivity index (χ1v) is 7.27. The number of aromatic nitrogens is 2. The maximum Gasteiger partial charge on any atom is 0.0921 e. The van der Waals surface area contributed by atoms with Gasteiger partial charge in [-0.15, -0.1) is 0 Å². The Labute approximate surface area is 115 Å². The van der Waals surface area contributed by atoms with Gasteiger partial charge in [-0.05, 0) is 41.7 Å². The number of nitrogens with zero attached hydrogens (tertiary/aromatic N) is 1. The molecule has 19 heavy (non-hydrogen) atoms. The molecule has 2 heteroatoms. The van der Waals surface area contributed by atoms with Gasteiger partial charge in [-0.1, -0.05) is 44.5 Å². The molecular formula is C17H22N2. The molecule has 1 aromatic carbocycles. The second-order valence-electron chi connectivity index (χ2n) is 6.15. The van der Waals surface area contributed by atoms with Crippen LogP contribution in [0.15, 0.2) is 36.8 Å². The molecule has 1 N–H and O–H groups in total. The molecule has 1 heterocycles. The normalized spacial score (nSPS) is 26.1. The lowest BCUT2D eigenvalue weighted by Gasteiger charge is -2.40. The van der Waals surface area contributed by atoms with Gasteiger partial charge >= 0.3 is 0 Å². The second kappa shape index (κ2) is 4.84. The lowest BCUT2D eigenvalue weighted by molar-refractivity contribution is 0.296. The van der Waals surface area contributed by atoms with Gasteiger partial charge in [-0.2, -0.15) is 0 Å². The molecule has 2 aromatic rings. The van der Waals surface area contributed by atoms with Gasteiger partial charge in [0.25, 0.3) is 0 Å². The highest BCUT2D eigenvalue weighted by Crippen LogP contribution is 2.42. The van der Waals surface area contributed by atoms with Crippen LogP contribution in [0.4, 0.5) is 0 Å². The van der Waals surface area contributed by atoms with Crippen LogP contribution in [0, 0.1) is 5.92 Å². The average Bonchev–Trinajstić information content (AvgIpc) is 2.91. The molecule has 2 atom stereocenters. The smallest absolute Gasteiger partial charge is 0.0921 e. The van der Waals surface area contributed by atoms with E-state index in [1.165, 1.54) is 30.5 Å². The summed E-state index contributed by atoms with van der Waals surface area (Å²) >= 11 is 0. The Morgan fingerprint density at radius 3 is 2.95 bits per heavy atom. The summed E-state index contributed by atoms with van der Waals surface area (Å²) in [5.74, 6) is 0.808. The lowest BCUT2D eigenvalue weighted by Crippen LogP contribution is -2.34. The zero-order valence-electron chi connectivity index (χ0n) is 11.8. The van der Waals surface area contributed by atoms with Crippen molar-refractivity contribution in [3.63, 3.8) is 0 Å². The van der Waals surface area contributed by atoms with E-state index in [0.29, 0.717) is 0 Å². The third-order valence-electron chi connectivity index (χ3n) is 4.63. The monoisotopic (exact) mass is 254 g/mol. The van der Waals surface area contributed by atoms with E-state index in [1.807, 2.05) is 6.20 Å². The van der Waals surface area contributed by atoms with Crippen LogP contribution in [0.2, 0.25) is 0 Å². The fourth-order valence-corrected chi connectivity index (χ4v) is 3.68. The second-order valence-corrected chi connectivity index (χ2v) is 6.15. The third-order valence-corrected chi connectivity index (χ3v) is 4.63. The molecule has 0 aliphatic heterocycles. The molecule has 2 unspecified atom stereocenters. The van der Waals surface area contributed by atoms with Crippen molar-refractivity contribution in [1.29, 1.82) is 0 Å². The Bertz CT molecular complexity index is 544. The molecule has 0 saturated carbocycles. The van der Waals surface area contributed by atoms with E-state index in [2.05, 4.69) is 48.1 Å². The van der Waals surface area contributed by atoms with Crippen LogP contribution >= 0.6 is 0 Å². The predicted octanol–water partition coefficient (Wildman–Crippen LogP) is 3.88. The number of rotatable bonds is 3. The highest BCUT2D eigenvalue weighted by molar-refractivity contribution is 5.37. The summed E-state index contributed by atoms with van der Waals surface area (Å²) in [5, 5.41) is 0. The summed E-state index contributed by atoms with van der Waals surface area (Å²) in [6, 6.07) is 8.98. The van der Waals surface area contributed by atoms with Gasteiger partial charge in [-0.25, -0.2) is 4.98 Å². The number of benzene rings is 1. The summed E-state index contributed by atoms with van der Waals surface area (Å²) < 4.78 is 0. The SMILES string of the molecule is CCC1Cc2ccccc2C(C)(Cc2cnc[nH]2)C1. The van der Waals surface area contributed by atoms with Crippen molar-refractivity contribution in [2.24, 2.45) is 5.92 Å². The van der Waals surface area contributed by atoms with Crippen molar-refractivity contribution in [2.45, 2.75) is 44.9 Å². The summed E-state index contributed by atoms with van der Waals surface area (Å²) in [5.41, 5.74) is 4.56. The Balaban J connectivity index is 1.99. The van der Waals surface area contributed by atoms with E-state index in [0.717, 1.165) is 12.3 Å². The summed E-state index contributed by atoms with van der Waals surface area (Å²) in [6.07, 6.45) is 8.59. The van der Waals surface area contributed by atoms with Crippen molar-refractivity contribution < 1.29 is 0 Å². The summed E-state index contributed by atoms with van der Waals surface area (Å²) in [7, 11) is 0. The largest absolute Gasteiger partial charge is 0.348 e. The van der Waals surface area contributed by atoms with E-state index in [-0.39, 0.29) is 5.41 Å².